The number of pyridine rings is 1. The molecule has 8 nitrogen and oxygen atoms in total. The maximum atomic E-state index is 12.7. The number of aliphatic carboxylic acids is 1. The van der Waals surface area contributed by atoms with Crippen LogP contribution < -0.4 is 0 Å². The van der Waals surface area contributed by atoms with Crippen LogP contribution in [0.4, 0.5) is 13.2 Å². The summed E-state index contributed by atoms with van der Waals surface area (Å²) in [6, 6.07) is 9.94. The van der Waals surface area contributed by atoms with Crippen molar-refractivity contribution in [2.45, 2.75) is 37.7 Å². The van der Waals surface area contributed by atoms with Gasteiger partial charge in [0, 0.05) is 50.6 Å². The van der Waals surface area contributed by atoms with Crippen LogP contribution in [0.15, 0.2) is 47.1 Å². The maximum absolute atomic E-state index is 12.7. The molecule has 0 saturated carbocycles. The van der Waals surface area contributed by atoms with Gasteiger partial charge < -0.3 is 14.8 Å². The molecule has 12 heteroatoms. The summed E-state index contributed by atoms with van der Waals surface area (Å²) in [6.07, 6.45) is -1.86. The molecule has 1 amide bonds. The molecule has 1 spiro atoms. The number of hydrogen-bond acceptors (Lipinski definition) is 7. The zero-order chi connectivity index (χ0) is 24.1. The predicted octanol–water partition coefficient (Wildman–Crippen LogP) is 3.16. The lowest BCUT2D eigenvalue weighted by Crippen LogP contribution is -2.37. The molecule has 1 N–H and O–H groups in total. The Morgan fingerprint density at radius 1 is 1.30 bits per heavy atom. The first-order chi connectivity index (χ1) is 15.6. The van der Waals surface area contributed by atoms with E-state index in [4.69, 9.17) is 14.7 Å². The molecular weight excluding hydrogens is 461 g/mol. The summed E-state index contributed by atoms with van der Waals surface area (Å²) in [4.78, 5) is 37.0. The number of carbonyl (C=O) groups is 2. The zero-order valence-corrected chi connectivity index (χ0v) is 18.6. The number of amides is 1. The van der Waals surface area contributed by atoms with Crippen LogP contribution >= 0.6 is 11.3 Å². The number of alkyl halides is 3. The first-order valence-electron chi connectivity index (χ1n) is 10.0. The molecule has 0 radical (unpaired) electrons. The van der Waals surface area contributed by atoms with Crippen molar-refractivity contribution in [2.75, 3.05) is 20.1 Å². The Morgan fingerprint density at radius 2 is 2.06 bits per heavy atom. The second kappa shape index (κ2) is 10.3. The third kappa shape index (κ3) is 6.75. The van der Waals surface area contributed by atoms with Crippen molar-refractivity contribution in [2.24, 2.45) is 5.16 Å². The van der Waals surface area contributed by atoms with Crippen LogP contribution in [0.2, 0.25) is 0 Å². The quantitative estimate of drug-likeness (QED) is 0.701. The fourth-order valence-corrected chi connectivity index (χ4v) is 4.31. The minimum atomic E-state index is -5.08. The van der Waals surface area contributed by atoms with E-state index in [1.807, 2.05) is 18.2 Å². The van der Waals surface area contributed by atoms with E-state index < -0.39 is 12.1 Å². The lowest BCUT2D eigenvalue weighted by Gasteiger charge is -2.22. The molecule has 2 aliphatic rings. The Bertz CT molecular complexity index is 985. The largest absolute Gasteiger partial charge is 0.490 e. The van der Waals surface area contributed by atoms with Gasteiger partial charge in [0.25, 0.3) is 5.91 Å². The van der Waals surface area contributed by atoms with Crippen molar-refractivity contribution in [1.82, 2.24) is 14.8 Å². The number of oxime groups is 1. The Morgan fingerprint density at radius 3 is 2.67 bits per heavy atom. The van der Waals surface area contributed by atoms with Gasteiger partial charge in [-0.15, -0.1) is 11.3 Å². The number of halogens is 3. The Hall–Kier alpha value is -2.99. The number of likely N-dealkylation sites (tertiary alicyclic amines) is 1. The van der Waals surface area contributed by atoms with Gasteiger partial charge in [-0.05, 0) is 23.6 Å². The third-order valence-electron chi connectivity index (χ3n) is 5.16. The first-order valence-corrected chi connectivity index (χ1v) is 10.9. The molecule has 2 aliphatic heterocycles. The first kappa shape index (κ1) is 24.6. The van der Waals surface area contributed by atoms with E-state index in [0.29, 0.717) is 18.7 Å². The molecule has 1 saturated heterocycles. The number of carboxylic acid groups (broad SMARTS) is 1. The topological polar surface area (TPSA) is 95.3 Å². The van der Waals surface area contributed by atoms with Crippen molar-refractivity contribution in [1.29, 1.82) is 0 Å². The summed E-state index contributed by atoms with van der Waals surface area (Å²) in [7, 11) is 1.78. The number of carbonyl (C=O) groups excluding carboxylic acids is 1. The van der Waals surface area contributed by atoms with Crippen LogP contribution in [0.1, 0.15) is 23.4 Å². The van der Waals surface area contributed by atoms with Gasteiger partial charge in [0.05, 0.1) is 12.2 Å². The number of nitrogens with zero attached hydrogens (tertiary/aromatic N) is 4. The highest BCUT2D eigenvalue weighted by atomic mass is 32.1. The van der Waals surface area contributed by atoms with E-state index in [1.54, 1.807) is 29.5 Å². The average Bonchev–Trinajstić information content (AvgIpc) is 3.51. The van der Waals surface area contributed by atoms with Crippen molar-refractivity contribution in [3.8, 4) is 0 Å². The predicted molar refractivity (Wildman–Crippen MR) is 114 cm³/mol. The van der Waals surface area contributed by atoms with E-state index in [-0.39, 0.29) is 11.5 Å². The van der Waals surface area contributed by atoms with Crippen LogP contribution in [0.5, 0.6) is 0 Å². The highest BCUT2D eigenvalue weighted by Crippen LogP contribution is 2.35. The molecule has 2 aromatic rings. The van der Waals surface area contributed by atoms with Crippen molar-refractivity contribution >= 4 is 28.9 Å². The average molecular weight is 485 g/mol. The fraction of sp³-hybridized carbons (Fsp3) is 0.429. The number of carboxylic acids is 1. The third-order valence-corrected chi connectivity index (χ3v) is 6.02. The summed E-state index contributed by atoms with van der Waals surface area (Å²) in [5, 5.41) is 13.4. The molecule has 4 rings (SSSR count). The van der Waals surface area contributed by atoms with Gasteiger partial charge in [-0.25, -0.2) is 4.79 Å². The SMILES string of the molecule is CN(Cc1ccccn1)C(=O)C1=NOC2(CCN(Cc3cccs3)C2)C1.O=C(O)C(F)(F)F. The van der Waals surface area contributed by atoms with Crippen LogP contribution in [0.25, 0.3) is 0 Å². The van der Waals surface area contributed by atoms with E-state index in [0.717, 1.165) is 31.7 Å². The molecule has 0 bridgehead atoms. The highest BCUT2D eigenvalue weighted by Gasteiger charge is 2.47. The molecule has 4 heterocycles. The van der Waals surface area contributed by atoms with Gasteiger partial charge in [0.15, 0.2) is 5.60 Å². The molecule has 2 aromatic heterocycles. The number of thiophene rings is 1. The standard InChI is InChI=1S/C19H22N4O2S.C2HF3O2/c1-22(12-15-5-2-3-8-20-15)18(24)17-11-19(25-21-17)7-9-23(14-19)13-16-6-4-10-26-16;3-2(4,5)1(6)7/h2-6,8,10H,7,9,11-14H2,1H3;(H,6,7). The maximum Gasteiger partial charge on any atom is 0.490 e. The summed E-state index contributed by atoms with van der Waals surface area (Å²) in [6.45, 7) is 3.19. The van der Waals surface area contributed by atoms with Gasteiger partial charge in [-0.1, -0.05) is 17.3 Å². The van der Waals surface area contributed by atoms with Crippen LogP contribution in [0.3, 0.4) is 0 Å². The van der Waals surface area contributed by atoms with E-state index in [2.05, 4.69) is 32.6 Å². The Balaban J connectivity index is 0.000000383. The molecule has 1 fully saturated rings. The minimum absolute atomic E-state index is 0.0794. The summed E-state index contributed by atoms with van der Waals surface area (Å²) >= 11 is 1.77. The van der Waals surface area contributed by atoms with Gasteiger partial charge in [0.2, 0.25) is 0 Å². The number of rotatable bonds is 5. The fourth-order valence-electron chi connectivity index (χ4n) is 3.57. The normalized spacial score (nSPS) is 20.1. The van der Waals surface area contributed by atoms with Crippen LogP contribution in [0, 0.1) is 0 Å². The number of aromatic nitrogens is 1. The Kier molecular flexibility index (Phi) is 7.69. The van der Waals surface area contributed by atoms with E-state index >= 15 is 0 Å². The van der Waals surface area contributed by atoms with Crippen molar-refractivity contribution in [3.63, 3.8) is 0 Å². The molecule has 1 atom stereocenters. The second-order valence-corrected chi connectivity index (χ2v) is 8.85. The smallest absolute Gasteiger partial charge is 0.475 e. The Labute approximate surface area is 192 Å². The van der Waals surface area contributed by atoms with Crippen LogP contribution in [-0.4, -0.2) is 69.4 Å². The highest BCUT2D eigenvalue weighted by molar-refractivity contribution is 7.09. The van der Waals surface area contributed by atoms with Gasteiger partial charge >= 0.3 is 12.1 Å². The lowest BCUT2D eigenvalue weighted by molar-refractivity contribution is -0.192. The van der Waals surface area contributed by atoms with E-state index in [9.17, 15) is 18.0 Å². The van der Waals surface area contributed by atoms with Gasteiger partial charge in [-0.3, -0.25) is 14.7 Å². The lowest BCUT2D eigenvalue weighted by atomic mass is 9.96. The zero-order valence-electron chi connectivity index (χ0n) is 17.8. The van der Waals surface area contributed by atoms with Crippen molar-refractivity contribution in [3.05, 3.63) is 52.5 Å². The van der Waals surface area contributed by atoms with Gasteiger partial charge in [-0.2, -0.15) is 13.2 Å². The van der Waals surface area contributed by atoms with Crippen LogP contribution in [-0.2, 0) is 27.5 Å². The summed E-state index contributed by atoms with van der Waals surface area (Å²) in [5.74, 6) is -2.84. The number of hydrogen-bond donors (Lipinski definition) is 1. The molecular formula is C21H23F3N4O4S. The van der Waals surface area contributed by atoms with Crippen molar-refractivity contribution < 1.29 is 32.7 Å². The molecule has 1 unspecified atom stereocenters. The molecule has 0 aromatic carbocycles. The molecule has 33 heavy (non-hydrogen) atoms. The van der Waals surface area contributed by atoms with E-state index in [1.165, 1.54) is 4.88 Å². The summed E-state index contributed by atoms with van der Waals surface area (Å²) in [5.41, 5.74) is 1.04. The molecule has 0 aliphatic carbocycles. The monoisotopic (exact) mass is 484 g/mol. The summed E-state index contributed by atoms with van der Waals surface area (Å²) < 4.78 is 31.7. The second-order valence-electron chi connectivity index (χ2n) is 7.81. The minimum Gasteiger partial charge on any atom is -0.475 e. The van der Waals surface area contributed by atoms with Gasteiger partial charge in [0.1, 0.15) is 5.71 Å². The molecule has 178 valence electrons.